The third kappa shape index (κ3) is 4.57. The molecule has 1 aromatic carbocycles. The molecular formula is C20H22N2O2S. The van der Waals surface area contributed by atoms with E-state index in [2.05, 4.69) is 12.2 Å². The molecule has 1 N–H and O–H groups in total. The predicted molar refractivity (Wildman–Crippen MR) is 101 cm³/mol. The van der Waals surface area contributed by atoms with Gasteiger partial charge in [0.05, 0.1) is 0 Å². The summed E-state index contributed by atoms with van der Waals surface area (Å²) in [6.45, 7) is 3.69. The fraction of sp³-hybridized carbons (Fsp3) is 0.300. The van der Waals surface area contributed by atoms with Gasteiger partial charge in [-0.05, 0) is 48.4 Å². The van der Waals surface area contributed by atoms with E-state index in [1.165, 1.54) is 0 Å². The minimum atomic E-state index is -0.262. The highest BCUT2D eigenvalue weighted by Crippen LogP contribution is 2.19. The number of likely N-dealkylation sites (tertiary alicyclic amines) is 1. The van der Waals surface area contributed by atoms with Crippen LogP contribution in [0.15, 0.2) is 53.5 Å². The van der Waals surface area contributed by atoms with E-state index in [4.69, 9.17) is 0 Å². The van der Waals surface area contributed by atoms with Gasteiger partial charge in [-0.1, -0.05) is 31.2 Å². The lowest BCUT2D eigenvalue weighted by Gasteiger charge is -2.31. The molecule has 130 valence electrons. The molecule has 2 amide bonds. The predicted octanol–water partition coefficient (Wildman–Crippen LogP) is 3.78. The summed E-state index contributed by atoms with van der Waals surface area (Å²) in [6.07, 6.45) is 3.78. The summed E-state index contributed by atoms with van der Waals surface area (Å²) in [4.78, 5) is 28.2. The van der Waals surface area contributed by atoms with E-state index in [1.807, 2.05) is 40.6 Å². The van der Waals surface area contributed by atoms with Crippen LogP contribution in [0, 0.1) is 5.92 Å². The largest absolute Gasteiger partial charge is 0.337 e. The highest BCUT2D eigenvalue weighted by Gasteiger charge is 2.24. The SMILES string of the molecule is CC1CCN(C(=O)C(=Cc2cccs2)NC(=O)c2ccccc2)CC1. The molecule has 2 heterocycles. The van der Waals surface area contributed by atoms with Gasteiger partial charge in [-0.3, -0.25) is 9.59 Å². The van der Waals surface area contributed by atoms with Gasteiger partial charge in [0.2, 0.25) is 0 Å². The molecule has 0 radical (unpaired) electrons. The van der Waals surface area contributed by atoms with Gasteiger partial charge >= 0.3 is 0 Å². The van der Waals surface area contributed by atoms with Crippen molar-refractivity contribution < 1.29 is 9.59 Å². The van der Waals surface area contributed by atoms with Crippen molar-refractivity contribution in [3.63, 3.8) is 0 Å². The molecule has 1 aliphatic rings. The number of carbonyl (C=O) groups is 2. The Bertz CT molecular complexity index is 745. The van der Waals surface area contributed by atoms with Crippen molar-refractivity contribution in [1.29, 1.82) is 0 Å². The second kappa shape index (κ2) is 8.12. The van der Waals surface area contributed by atoms with E-state index in [0.29, 0.717) is 17.2 Å². The number of benzene rings is 1. The van der Waals surface area contributed by atoms with E-state index in [-0.39, 0.29) is 11.8 Å². The molecule has 1 saturated heterocycles. The number of piperidine rings is 1. The zero-order valence-corrected chi connectivity index (χ0v) is 15.1. The minimum absolute atomic E-state index is 0.107. The fourth-order valence-electron chi connectivity index (χ4n) is 2.83. The minimum Gasteiger partial charge on any atom is -0.337 e. The Morgan fingerprint density at radius 3 is 2.48 bits per heavy atom. The lowest BCUT2D eigenvalue weighted by molar-refractivity contribution is -0.128. The van der Waals surface area contributed by atoms with Crippen LogP contribution >= 0.6 is 11.3 Å². The average molecular weight is 354 g/mol. The molecule has 0 atom stereocenters. The van der Waals surface area contributed by atoms with Crippen LogP contribution in [0.4, 0.5) is 0 Å². The molecule has 1 fully saturated rings. The zero-order chi connectivity index (χ0) is 17.6. The zero-order valence-electron chi connectivity index (χ0n) is 14.3. The Kier molecular flexibility index (Phi) is 5.66. The molecule has 25 heavy (non-hydrogen) atoms. The van der Waals surface area contributed by atoms with Gasteiger partial charge in [0.1, 0.15) is 5.70 Å². The summed E-state index contributed by atoms with van der Waals surface area (Å²) in [6, 6.07) is 12.8. The number of hydrogen-bond acceptors (Lipinski definition) is 3. The second-order valence-corrected chi connectivity index (χ2v) is 7.35. The van der Waals surface area contributed by atoms with Gasteiger partial charge in [-0.15, -0.1) is 11.3 Å². The molecule has 1 aromatic heterocycles. The number of rotatable bonds is 4. The maximum atomic E-state index is 12.9. The van der Waals surface area contributed by atoms with Crippen LogP contribution in [0.5, 0.6) is 0 Å². The van der Waals surface area contributed by atoms with E-state index in [9.17, 15) is 9.59 Å². The molecule has 0 unspecified atom stereocenters. The van der Waals surface area contributed by atoms with Gasteiger partial charge in [0.15, 0.2) is 0 Å². The van der Waals surface area contributed by atoms with Crippen molar-refractivity contribution in [2.45, 2.75) is 19.8 Å². The molecule has 5 heteroatoms. The van der Waals surface area contributed by atoms with Crippen LogP contribution in [0.3, 0.4) is 0 Å². The molecule has 0 spiro atoms. The number of amides is 2. The van der Waals surface area contributed by atoms with Gasteiger partial charge in [-0.25, -0.2) is 0 Å². The number of carbonyl (C=O) groups excluding carboxylic acids is 2. The Morgan fingerprint density at radius 2 is 1.84 bits per heavy atom. The highest BCUT2D eigenvalue weighted by molar-refractivity contribution is 7.10. The number of hydrogen-bond donors (Lipinski definition) is 1. The van der Waals surface area contributed by atoms with Crippen molar-refractivity contribution in [3.05, 3.63) is 64.0 Å². The van der Waals surface area contributed by atoms with Crippen LogP contribution in [-0.4, -0.2) is 29.8 Å². The monoisotopic (exact) mass is 354 g/mol. The molecule has 0 bridgehead atoms. The Hall–Kier alpha value is -2.40. The molecular weight excluding hydrogens is 332 g/mol. The first-order valence-electron chi connectivity index (χ1n) is 8.54. The summed E-state index contributed by atoms with van der Waals surface area (Å²) in [7, 11) is 0. The molecule has 0 aliphatic carbocycles. The lowest BCUT2D eigenvalue weighted by Crippen LogP contribution is -2.42. The standard InChI is InChI=1S/C20H22N2O2S/c1-15-9-11-22(12-10-15)20(24)18(14-17-8-5-13-25-17)21-19(23)16-6-3-2-4-7-16/h2-8,13-15H,9-12H2,1H3,(H,21,23). The van der Waals surface area contributed by atoms with Crippen LogP contribution in [0.2, 0.25) is 0 Å². The van der Waals surface area contributed by atoms with Gasteiger partial charge in [-0.2, -0.15) is 0 Å². The van der Waals surface area contributed by atoms with Gasteiger partial charge < -0.3 is 10.2 Å². The second-order valence-electron chi connectivity index (χ2n) is 6.37. The van der Waals surface area contributed by atoms with Crippen LogP contribution < -0.4 is 5.32 Å². The summed E-state index contributed by atoms with van der Waals surface area (Å²) in [5, 5.41) is 4.77. The first-order chi connectivity index (χ1) is 12.1. The van der Waals surface area contributed by atoms with Crippen LogP contribution in [-0.2, 0) is 4.79 Å². The summed E-state index contributed by atoms with van der Waals surface area (Å²) >= 11 is 1.54. The van der Waals surface area contributed by atoms with Crippen molar-refractivity contribution in [3.8, 4) is 0 Å². The fourth-order valence-corrected chi connectivity index (χ4v) is 3.49. The molecule has 1 aliphatic heterocycles. The van der Waals surface area contributed by atoms with E-state index >= 15 is 0 Å². The number of nitrogens with one attached hydrogen (secondary N) is 1. The smallest absolute Gasteiger partial charge is 0.270 e. The maximum absolute atomic E-state index is 12.9. The molecule has 2 aromatic rings. The van der Waals surface area contributed by atoms with Crippen molar-refractivity contribution in [2.24, 2.45) is 5.92 Å². The van der Waals surface area contributed by atoms with E-state index in [0.717, 1.165) is 30.8 Å². The first kappa shape index (κ1) is 17.4. The lowest BCUT2D eigenvalue weighted by atomic mass is 9.99. The van der Waals surface area contributed by atoms with Crippen molar-refractivity contribution in [1.82, 2.24) is 10.2 Å². The quantitative estimate of drug-likeness (QED) is 0.850. The Balaban J connectivity index is 1.80. The third-order valence-electron chi connectivity index (χ3n) is 4.42. The molecule has 0 saturated carbocycles. The third-order valence-corrected chi connectivity index (χ3v) is 5.23. The van der Waals surface area contributed by atoms with E-state index in [1.54, 1.807) is 29.5 Å². The summed E-state index contributed by atoms with van der Waals surface area (Å²) in [5.41, 5.74) is 0.880. The van der Waals surface area contributed by atoms with E-state index < -0.39 is 0 Å². The highest BCUT2D eigenvalue weighted by atomic mass is 32.1. The van der Waals surface area contributed by atoms with Crippen LogP contribution in [0.1, 0.15) is 35.0 Å². The number of nitrogens with zero attached hydrogens (tertiary/aromatic N) is 1. The van der Waals surface area contributed by atoms with Crippen LogP contribution in [0.25, 0.3) is 6.08 Å². The topological polar surface area (TPSA) is 49.4 Å². The maximum Gasteiger partial charge on any atom is 0.270 e. The normalized spacial score (nSPS) is 15.9. The Labute approximate surface area is 152 Å². The van der Waals surface area contributed by atoms with Gasteiger partial charge in [0, 0.05) is 23.5 Å². The number of thiophene rings is 1. The van der Waals surface area contributed by atoms with Crippen molar-refractivity contribution >= 4 is 29.2 Å². The average Bonchev–Trinajstić information content (AvgIpc) is 3.15. The molecule has 3 rings (SSSR count). The Morgan fingerprint density at radius 1 is 1.12 bits per heavy atom. The summed E-state index contributed by atoms with van der Waals surface area (Å²) < 4.78 is 0. The van der Waals surface area contributed by atoms with Crippen molar-refractivity contribution in [2.75, 3.05) is 13.1 Å². The molecule has 4 nitrogen and oxygen atoms in total. The summed E-state index contributed by atoms with van der Waals surface area (Å²) in [5.74, 6) is 0.277. The van der Waals surface area contributed by atoms with Gasteiger partial charge in [0.25, 0.3) is 11.8 Å². The first-order valence-corrected chi connectivity index (χ1v) is 9.42.